The van der Waals surface area contributed by atoms with Crippen molar-refractivity contribution in [2.75, 3.05) is 0 Å². The highest BCUT2D eigenvalue weighted by Crippen LogP contribution is 2.23. The summed E-state index contributed by atoms with van der Waals surface area (Å²) in [6.07, 6.45) is 0.815. The summed E-state index contributed by atoms with van der Waals surface area (Å²) >= 11 is 1.58. The van der Waals surface area contributed by atoms with Crippen molar-refractivity contribution in [3.63, 3.8) is 0 Å². The van der Waals surface area contributed by atoms with Crippen molar-refractivity contribution in [2.45, 2.75) is 53.1 Å². The summed E-state index contributed by atoms with van der Waals surface area (Å²) in [5.41, 5.74) is 6.71. The zero-order valence-corrected chi connectivity index (χ0v) is 15.0. The smallest absolute Gasteiger partial charge is 0.238 e. The molecule has 20 heavy (non-hydrogen) atoms. The van der Waals surface area contributed by atoms with Crippen LogP contribution < -0.4 is 11.1 Å². The number of halogens is 2. The molecule has 118 valence electrons. The van der Waals surface area contributed by atoms with Crippen LogP contribution in [0.25, 0.3) is 0 Å². The number of hydrogen-bond donors (Lipinski definition) is 2. The lowest BCUT2D eigenvalue weighted by atomic mass is 9.87. The third kappa shape index (κ3) is 5.95. The molecule has 1 heterocycles. The van der Waals surface area contributed by atoms with Crippen molar-refractivity contribution < 1.29 is 4.79 Å². The Morgan fingerprint density at radius 1 is 1.45 bits per heavy atom. The number of carbonyl (C=O) groups is 1. The fraction of sp³-hybridized carbons (Fsp3) is 0.692. The summed E-state index contributed by atoms with van der Waals surface area (Å²) in [5.74, 6) is -0.109. The molecular weight excluding hydrogens is 317 g/mol. The summed E-state index contributed by atoms with van der Waals surface area (Å²) in [6, 6.07) is -0.544. The van der Waals surface area contributed by atoms with Crippen molar-refractivity contribution in [3.8, 4) is 0 Å². The molecular formula is C13H25Cl2N3OS. The van der Waals surface area contributed by atoms with Gasteiger partial charge in [-0.15, -0.1) is 36.2 Å². The Kier molecular flexibility index (Phi) is 9.67. The zero-order valence-electron chi connectivity index (χ0n) is 12.6. The Balaban J connectivity index is 0. The summed E-state index contributed by atoms with van der Waals surface area (Å²) in [5, 5.41) is 5.93. The van der Waals surface area contributed by atoms with Crippen LogP contribution in [0.3, 0.4) is 0 Å². The van der Waals surface area contributed by atoms with Crippen molar-refractivity contribution in [2.24, 2.45) is 11.1 Å². The summed E-state index contributed by atoms with van der Waals surface area (Å²) < 4.78 is 0. The molecule has 0 bridgehead atoms. The molecule has 0 saturated carbocycles. The van der Waals surface area contributed by atoms with Gasteiger partial charge >= 0.3 is 0 Å². The van der Waals surface area contributed by atoms with Crippen molar-refractivity contribution in [1.82, 2.24) is 10.3 Å². The van der Waals surface area contributed by atoms with Crippen LogP contribution in [-0.2, 0) is 4.79 Å². The minimum absolute atomic E-state index is 0. The molecule has 0 aliphatic heterocycles. The van der Waals surface area contributed by atoms with Crippen LogP contribution in [0.5, 0.6) is 0 Å². The summed E-state index contributed by atoms with van der Waals surface area (Å²) in [4.78, 5) is 16.5. The van der Waals surface area contributed by atoms with Gasteiger partial charge in [0.05, 0.1) is 12.1 Å². The van der Waals surface area contributed by atoms with Gasteiger partial charge in [0.25, 0.3) is 0 Å². The lowest BCUT2D eigenvalue weighted by Crippen LogP contribution is -2.49. The SMILES string of the molecule is CCC(NC(=O)[C@@H](N)C(C)(C)C)c1nc(C)cs1.Cl.Cl. The van der Waals surface area contributed by atoms with E-state index < -0.39 is 6.04 Å². The topological polar surface area (TPSA) is 68.0 Å². The van der Waals surface area contributed by atoms with Gasteiger partial charge in [-0.3, -0.25) is 4.79 Å². The second kappa shape index (κ2) is 8.82. The van der Waals surface area contributed by atoms with Crippen LogP contribution in [0.4, 0.5) is 0 Å². The number of aromatic nitrogens is 1. The highest BCUT2D eigenvalue weighted by molar-refractivity contribution is 7.09. The van der Waals surface area contributed by atoms with E-state index in [1.54, 1.807) is 11.3 Å². The first kappa shape index (κ1) is 21.9. The first-order valence-corrected chi connectivity index (χ1v) is 7.11. The van der Waals surface area contributed by atoms with Gasteiger partial charge in [0.1, 0.15) is 5.01 Å². The van der Waals surface area contributed by atoms with Crippen molar-refractivity contribution in [1.29, 1.82) is 0 Å². The summed E-state index contributed by atoms with van der Waals surface area (Å²) in [6.45, 7) is 9.88. The molecule has 1 unspecified atom stereocenters. The van der Waals surface area contributed by atoms with E-state index in [0.717, 1.165) is 17.1 Å². The normalized spacial score (nSPS) is 13.7. The highest BCUT2D eigenvalue weighted by atomic mass is 35.5. The van der Waals surface area contributed by atoms with Crippen molar-refractivity contribution >= 4 is 42.1 Å². The molecule has 7 heteroatoms. The number of nitrogens with two attached hydrogens (primary N) is 1. The zero-order chi connectivity index (χ0) is 13.9. The molecule has 1 aromatic heterocycles. The molecule has 0 saturated heterocycles. The van der Waals surface area contributed by atoms with Gasteiger partial charge < -0.3 is 11.1 Å². The van der Waals surface area contributed by atoms with Gasteiger partial charge in [0, 0.05) is 11.1 Å². The Bertz CT molecular complexity index is 418. The lowest BCUT2D eigenvalue weighted by Gasteiger charge is -2.27. The molecule has 0 spiro atoms. The van der Waals surface area contributed by atoms with E-state index in [1.807, 2.05) is 40.0 Å². The standard InChI is InChI=1S/C13H23N3OS.2ClH/c1-6-9(12-15-8(2)7-18-12)16-11(17)10(14)13(3,4)5;;/h7,9-10H,6,14H2,1-5H3,(H,16,17);2*1H/t9?,10-;;/m1../s1. The molecule has 1 amide bonds. The largest absolute Gasteiger partial charge is 0.346 e. The maximum Gasteiger partial charge on any atom is 0.238 e. The monoisotopic (exact) mass is 341 g/mol. The number of carbonyl (C=O) groups excluding carboxylic acids is 1. The number of thiazole rings is 1. The quantitative estimate of drug-likeness (QED) is 0.883. The molecule has 0 aliphatic rings. The van der Waals surface area contributed by atoms with E-state index in [-0.39, 0.29) is 42.2 Å². The van der Waals surface area contributed by atoms with Gasteiger partial charge in [-0.1, -0.05) is 27.7 Å². The van der Waals surface area contributed by atoms with E-state index in [9.17, 15) is 4.79 Å². The second-order valence-corrected chi connectivity index (χ2v) is 6.53. The molecule has 0 fully saturated rings. The first-order valence-electron chi connectivity index (χ1n) is 6.23. The van der Waals surface area contributed by atoms with E-state index >= 15 is 0 Å². The molecule has 4 nitrogen and oxygen atoms in total. The Morgan fingerprint density at radius 2 is 2.00 bits per heavy atom. The average Bonchev–Trinajstić information content (AvgIpc) is 2.69. The van der Waals surface area contributed by atoms with Gasteiger partial charge in [-0.25, -0.2) is 4.98 Å². The Labute approximate surface area is 137 Å². The number of rotatable bonds is 4. The number of hydrogen-bond acceptors (Lipinski definition) is 4. The van der Waals surface area contributed by atoms with Gasteiger partial charge in [-0.2, -0.15) is 0 Å². The predicted molar refractivity (Wildman–Crippen MR) is 90.0 cm³/mol. The minimum Gasteiger partial charge on any atom is -0.346 e. The molecule has 0 aromatic carbocycles. The van der Waals surface area contributed by atoms with Gasteiger partial charge in [0.2, 0.25) is 5.91 Å². The van der Waals surface area contributed by atoms with E-state index in [0.29, 0.717) is 0 Å². The third-order valence-corrected chi connectivity index (χ3v) is 3.95. The fourth-order valence-corrected chi connectivity index (χ4v) is 2.46. The molecule has 2 atom stereocenters. The van der Waals surface area contributed by atoms with Crippen LogP contribution in [0.1, 0.15) is 50.9 Å². The minimum atomic E-state index is -0.507. The lowest BCUT2D eigenvalue weighted by molar-refractivity contribution is -0.125. The maximum absolute atomic E-state index is 12.1. The second-order valence-electron chi connectivity index (χ2n) is 5.64. The average molecular weight is 342 g/mol. The number of nitrogens with one attached hydrogen (secondary N) is 1. The predicted octanol–water partition coefficient (Wildman–Crippen LogP) is 3.24. The van der Waals surface area contributed by atoms with Crippen molar-refractivity contribution in [3.05, 3.63) is 16.1 Å². The molecule has 1 aromatic rings. The Hall–Kier alpha value is -0.360. The van der Waals surface area contributed by atoms with Crippen LogP contribution >= 0.6 is 36.2 Å². The van der Waals surface area contributed by atoms with Crippen LogP contribution in [-0.4, -0.2) is 16.9 Å². The Morgan fingerprint density at radius 3 is 2.35 bits per heavy atom. The third-order valence-electron chi connectivity index (χ3n) is 2.88. The number of aryl methyl sites for hydroxylation is 1. The molecule has 0 radical (unpaired) electrons. The van der Waals surface area contributed by atoms with E-state index in [2.05, 4.69) is 10.3 Å². The number of nitrogens with zero attached hydrogens (tertiary/aromatic N) is 1. The first-order chi connectivity index (χ1) is 8.25. The van der Waals surface area contributed by atoms with Gasteiger partial charge in [-0.05, 0) is 18.8 Å². The van der Waals surface area contributed by atoms with Crippen LogP contribution in [0.15, 0.2) is 5.38 Å². The number of amides is 1. The van der Waals surface area contributed by atoms with Crippen LogP contribution in [0, 0.1) is 12.3 Å². The van der Waals surface area contributed by atoms with Crippen LogP contribution in [0.2, 0.25) is 0 Å². The van der Waals surface area contributed by atoms with E-state index in [4.69, 9.17) is 5.73 Å². The highest BCUT2D eigenvalue weighted by Gasteiger charge is 2.29. The molecule has 0 aliphatic carbocycles. The van der Waals surface area contributed by atoms with Gasteiger partial charge in [0.15, 0.2) is 0 Å². The van der Waals surface area contributed by atoms with E-state index in [1.165, 1.54) is 0 Å². The molecule has 3 N–H and O–H groups in total. The fourth-order valence-electron chi connectivity index (χ4n) is 1.53. The summed E-state index contributed by atoms with van der Waals surface area (Å²) in [7, 11) is 0. The maximum atomic E-state index is 12.1. The molecule has 1 rings (SSSR count).